The number of amides is 1. The quantitative estimate of drug-likeness (QED) is 0.915. The third-order valence-corrected chi connectivity index (χ3v) is 7.28. The summed E-state index contributed by atoms with van der Waals surface area (Å²) < 4.78 is 1.20. The summed E-state index contributed by atoms with van der Waals surface area (Å²) in [6.45, 7) is 4.57. The summed E-state index contributed by atoms with van der Waals surface area (Å²) in [7, 11) is 0. The van der Waals surface area contributed by atoms with Crippen LogP contribution in [-0.4, -0.2) is 35.5 Å². The van der Waals surface area contributed by atoms with Crippen molar-refractivity contribution in [1.82, 2.24) is 10.2 Å². The molecule has 4 aliphatic rings. The topological polar surface area (TPSA) is 32.3 Å². The molecule has 3 saturated heterocycles. The normalized spacial score (nSPS) is 30.7. The largest absolute Gasteiger partial charge is 0.346 e. The van der Waals surface area contributed by atoms with Crippen molar-refractivity contribution in [2.75, 3.05) is 13.1 Å². The summed E-state index contributed by atoms with van der Waals surface area (Å²) in [5.74, 6) is 0.817. The van der Waals surface area contributed by atoms with Gasteiger partial charge in [-0.3, -0.25) is 9.69 Å². The van der Waals surface area contributed by atoms with Gasteiger partial charge in [0.25, 0.3) is 5.91 Å². The second kappa shape index (κ2) is 4.81. The number of hydrogen-bond acceptors (Lipinski definition) is 3. The van der Waals surface area contributed by atoms with E-state index in [-0.39, 0.29) is 5.91 Å². The Labute approximate surface area is 140 Å². The summed E-state index contributed by atoms with van der Waals surface area (Å²) in [5.41, 5.74) is 1.56. The lowest BCUT2D eigenvalue weighted by molar-refractivity contribution is -0.00138. The van der Waals surface area contributed by atoms with Gasteiger partial charge in [0.15, 0.2) is 0 Å². The molecule has 0 radical (unpaired) electrons. The van der Waals surface area contributed by atoms with Crippen molar-refractivity contribution in [2.24, 2.45) is 5.92 Å². The van der Waals surface area contributed by atoms with Crippen LogP contribution < -0.4 is 5.32 Å². The molecule has 1 aliphatic carbocycles. The molecule has 0 unspecified atom stereocenters. The van der Waals surface area contributed by atoms with Crippen molar-refractivity contribution in [3.05, 3.63) is 34.7 Å². The van der Waals surface area contributed by atoms with Crippen LogP contribution in [0.25, 0.3) is 10.1 Å². The van der Waals surface area contributed by atoms with Gasteiger partial charge in [-0.2, -0.15) is 0 Å². The molecule has 4 heteroatoms. The Kier molecular flexibility index (Phi) is 2.92. The van der Waals surface area contributed by atoms with Crippen LogP contribution in [0.5, 0.6) is 0 Å². The van der Waals surface area contributed by atoms with Crippen LogP contribution >= 0.6 is 11.3 Å². The Bertz CT molecular complexity index is 784. The first-order chi connectivity index (χ1) is 11.2. The number of piperidine rings is 3. The smallest absolute Gasteiger partial charge is 0.261 e. The second-order valence-corrected chi connectivity index (χ2v) is 8.61. The standard InChI is InChI=1S/C19H22N2OS/c1-12-2-3-15-14(10-12)11-16(23-15)18(22)20-17-13-4-8-21(9-5-13)19(17)6-7-19/h2-3,10-11,13,17H,4-9H2,1H3,(H,20,22)/t17-/m1/s1. The predicted octanol–water partition coefficient (Wildman–Crippen LogP) is 3.57. The molecule has 1 aromatic heterocycles. The van der Waals surface area contributed by atoms with E-state index in [2.05, 4.69) is 41.4 Å². The maximum Gasteiger partial charge on any atom is 0.261 e. The molecule has 2 aromatic rings. The molecule has 4 heterocycles. The summed E-state index contributed by atoms with van der Waals surface area (Å²) in [6.07, 6.45) is 5.02. The lowest BCUT2D eigenvalue weighted by Crippen LogP contribution is -2.65. The van der Waals surface area contributed by atoms with Gasteiger partial charge in [-0.15, -0.1) is 11.3 Å². The van der Waals surface area contributed by atoms with Gasteiger partial charge < -0.3 is 5.32 Å². The summed E-state index contributed by atoms with van der Waals surface area (Å²) in [6, 6.07) is 8.84. The lowest BCUT2D eigenvalue weighted by atomic mass is 9.77. The SMILES string of the molecule is Cc1ccc2sc(C(=O)N[C@@H]3C4CCN(CC4)C34CC4)cc2c1. The van der Waals surface area contributed by atoms with E-state index in [1.807, 2.05) is 0 Å². The van der Waals surface area contributed by atoms with Crippen LogP contribution in [0.1, 0.15) is 40.9 Å². The van der Waals surface area contributed by atoms with Gasteiger partial charge in [-0.05, 0) is 69.1 Å². The van der Waals surface area contributed by atoms with Crippen LogP contribution in [0, 0.1) is 12.8 Å². The van der Waals surface area contributed by atoms with E-state index in [0.717, 1.165) is 4.88 Å². The monoisotopic (exact) mass is 326 g/mol. The van der Waals surface area contributed by atoms with E-state index in [1.165, 1.54) is 54.4 Å². The summed E-state index contributed by atoms with van der Waals surface area (Å²) >= 11 is 1.62. The van der Waals surface area contributed by atoms with Gasteiger partial charge >= 0.3 is 0 Å². The fourth-order valence-corrected chi connectivity index (χ4v) is 5.75. The molecule has 3 aliphatic heterocycles. The van der Waals surface area contributed by atoms with E-state index in [4.69, 9.17) is 0 Å². The highest BCUT2D eigenvalue weighted by Crippen LogP contribution is 2.53. The molecule has 23 heavy (non-hydrogen) atoms. The number of carbonyl (C=O) groups excluding carboxylic acids is 1. The Morgan fingerprint density at radius 1 is 1.26 bits per heavy atom. The zero-order chi connectivity index (χ0) is 15.6. The van der Waals surface area contributed by atoms with Crippen LogP contribution in [0.3, 0.4) is 0 Å². The number of carbonyl (C=O) groups is 1. The fourth-order valence-electron chi connectivity index (χ4n) is 4.81. The number of nitrogens with zero attached hydrogens (tertiary/aromatic N) is 1. The Hall–Kier alpha value is -1.39. The Morgan fingerprint density at radius 2 is 2.04 bits per heavy atom. The Balaban J connectivity index is 1.42. The second-order valence-electron chi connectivity index (χ2n) is 7.53. The number of aryl methyl sites for hydroxylation is 1. The van der Waals surface area contributed by atoms with Crippen molar-refractivity contribution in [2.45, 2.75) is 44.2 Å². The lowest BCUT2D eigenvalue weighted by Gasteiger charge is -2.52. The third kappa shape index (κ3) is 2.08. The van der Waals surface area contributed by atoms with E-state index < -0.39 is 0 Å². The molecule has 4 fully saturated rings. The minimum Gasteiger partial charge on any atom is -0.346 e. The maximum absolute atomic E-state index is 12.8. The van der Waals surface area contributed by atoms with Crippen LogP contribution in [-0.2, 0) is 0 Å². The van der Waals surface area contributed by atoms with Crippen LogP contribution in [0.2, 0.25) is 0 Å². The van der Waals surface area contributed by atoms with E-state index in [9.17, 15) is 4.79 Å². The van der Waals surface area contributed by atoms with Crippen molar-refractivity contribution < 1.29 is 4.79 Å². The van der Waals surface area contributed by atoms with Crippen LogP contribution in [0.15, 0.2) is 24.3 Å². The first-order valence-corrected chi connectivity index (χ1v) is 9.53. The molecular weight excluding hydrogens is 304 g/mol. The zero-order valence-electron chi connectivity index (χ0n) is 13.5. The van der Waals surface area contributed by atoms with Crippen molar-refractivity contribution in [1.29, 1.82) is 0 Å². The molecular formula is C19H22N2OS. The number of nitrogens with one attached hydrogen (secondary N) is 1. The zero-order valence-corrected chi connectivity index (χ0v) is 14.3. The highest BCUT2D eigenvalue weighted by atomic mass is 32.1. The summed E-state index contributed by atoms with van der Waals surface area (Å²) in [5, 5.41) is 4.61. The molecule has 6 rings (SSSR count). The molecule has 1 atom stereocenters. The van der Waals surface area contributed by atoms with Gasteiger partial charge in [0.2, 0.25) is 0 Å². The minimum atomic E-state index is 0.133. The van der Waals surface area contributed by atoms with Gasteiger partial charge in [-0.1, -0.05) is 17.7 Å². The van der Waals surface area contributed by atoms with E-state index >= 15 is 0 Å². The van der Waals surface area contributed by atoms with Gasteiger partial charge in [-0.25, -0.2) is 0 Å². The minimum absolute atomic E-state index is 0.133. The molecule has 1 N–H and O–H groups in total. The van der Waals surface area contributed by atoms with E-state index in [1.54, 1.807) is 11.3 Å². The highest BCUT2D eigenvalue weighted by molar-refractivity contribution is 7.20. The Morgan fingerprint density at radius 3 is 2.78 bits per heavy atom. The number of benzene rings is 1. The van der Waals surface area contributed by atoms with Gasteiger partial charge in [0.05, 0.1) is 10.9 Å². The van der Waals surface area contributed by atoms with E-state index in [0.29, 0.717) is 17.5 Å². The number of hydrogen-bond donors (Lipinski definition) is 1. The molecule has 120 valence electrons. The van der Waals surface area contributed by atoms with Crippen LogP contribution in [0.4, 0.5) is 0 Å². The highest BCUT2D eigenvalue weighted by Gasteiger charge is 2.60. The third-order valence-electron chi connectivity index (χ3n) is 6.16. The van der Waals surface area contributed by atoms with Crippen molar-refractivity contribution in [3.8, 4) is 0 Å². The van der Waals surface area contributed by atoms with Gasteiger partial charge in [0, 0.05) is 10.2 Å². The van der Waals surface area contributed by atoms with Crippen molar-refractivity contribution >= 4 is 27.3 Å². The van der Waals surface area contributed by atoms with Crippen molar-refractivity contribution in [3.63, 3.8) is 0 Å². The predicted molar refractivity (Wildman–Crippen MR) is 94.1 cm³/mol. The molecule has 2 bridgehead atoms. The average molecular weight is 326 g/mol. The maximum atomic E-state index is 12.8. The average Bonchev–Trinajstić information content (AvgIpc) is 3.22. The molecule has 1 amide bonds. The molecule has 1 spiro atoms. The number of rotatable bonds is 2. The number of fused-ring (bicyclic) bond motifs is 3. The molecule has 1 saturated carbocycles. The molecule has 1 aromatic carbocycles. The number of thiophene rings is 1. The first-order valence-electron chi connectivity index (χ1n) is 8.72. The fraction of sp³-hybridized carbons (Fsp3) is 0.526. The first kappa shape index (κ1) is 14.0. The summed E-state index contributed by atoms with van der Waals surface area (Å²) in [4.78, 5) is 16.3. The van der Waals surface area contributed by atoms with Gasteiger partial charge in [0.1, 0.15) is 0 Å². The molecule has 3 nitrogen and oxygen atoms in total.